The third kappa shape index (κ3) is 5.35. The molecule has 3 aromatic carbocycles. The number of hydrogen-bond donors (Lipinski definition) is 1. The van der Waals surface area contributed by atoms with Gasteiger partial charge in [-0.15, -0.1) is 0 Å². The highest BCUT2D eigenvalue weighted by atomic mass is 32.2. The highest BCUT2D eigenvalue weighted by Gasteiger charge is 2.27. The van der Waals surface area contributed by atoms with E-state index >= 15 is 0 Å². The van der Waals surface area contributed by atoms with Crippen LogP contribution in [-0.2, 0) is 21.2 Å². The Balaban J connectivity index is 1.72. The molecule has 1 unspecified atom stereocenters. The van der Waals surface area contributed by atoms with E-state index in [4.69, 9.17) is 14.2 Å². The van der Waals surface area contributed by atoms with Crippen LogP contribution in [0.15, 0.2) is 77.7 Å². The fourth-order valence-corrected chi connectivity index (χ4v) is 5.12. The molecule has 1 aliphatic rings. The molecule has 1 heterocycles. The lowest BCUT2D eigenvalue weighted by Crippen LogP contribution is -2.31. The zero-order valence-electron chi connectivity index (χ0n) is 18.2. The van der Waals surface area contributed by atoms with E-state index in [9.17, 15) is 13.2 Å². The lowest BCUT2D eigenvalue weighted by atomic mass is 9.99. The van der Waals surface area contributed by atoms with Crippen molar-refractivity contribution in [2.24, 2.45) is 0 Å². The second kappa shape index (κ2) is 10.1. The monoisotopic (exact) mass is 467 g/mol. The maximum atomic E-state index is 13.4. The van der Waals surface area contributed by atoms with E-state index in [2.05, 4.69) is 4.72 Å². The molecule has 7 nitrogen and oxygen atoms in total. The first-order valence-electron chi connectivity index (χ1n) is 10.6. The number of carbonyl (C=O) groups excluding carboxylic acids is 1. The number of rotatable bonds is 7. The third-order valence-electron chi connectivity index (χ3n) is 5.34. The summed E-state index contributed by atoms with van der Waals surface area (Å²) in [6.45, 7) is 1.09. The van der Waals surface area contributed by atoms with Gasteiger partial charge in [0.15, 0.2) is 11.5 Å². The maximum Gasteiger partial charge on any atom is 0.339 e. The number of fused-ring (bicyclic) bond motifs is 1. The van der Waals surface area contributed by atoms with Crippen molar-refractivity contribution in [2.45, 2.75) is 23.8 Å². The molecule has 1 atom stereocenters. The summed E-state index contributed by atoms with van der Waals surface area (Å²) < 4.78 is 45.9. The topological polar surface area (TPSA) is 90.9 Å². The van der Waals surface area contributed by atoms with E-state index in [1.54, 1.807) is 18.2 Å². The van der Waals surface area contributed by atoms with Crippen molar-refractivity contribution in [2.75, 3.05) is 20.3 Å². The van der Waals surface area contributed by atoms with Crippen molar-refractivity contribution in [3.05, 3.63) is 89.5 Å². The fraction of sp³-hybridized carbons (Fsp3) is 0.240. The molecule has 33 heavy (non-hydrogen) atoms. The fourth-order valence-electron chi connectivity index (χ4n) is 3.70. The van der Waals surface area contributed by atoms with Gasteiger partial charge in [-0.1, -0.05) is 48.5 Å². The van der Waals surface area contributed by atoms with E-state index in [0.717, 1.165) is 17.5 Å². The molecule has 0 amide bonds. The molecule has 0 fully saturated rings. The zero-order valence-corrected chi connectivity index (χ0v) is 19.0. The smallest absolute Gasteiger partial charge is 0.339 e. The average Bonchev–Trinajstić information content (AvgIpc) is 3.08. The second-order valence-corrected chi connectivity index (χ2v) is 9.29. The minimum Gasteiger partial charge on any atom is -0.490 e. The maximum absolute atomic E-state index is 13.4. The van der Waals surface area contributed by atoms with Crippen molar-refractivity contribution in [3.63, 3.8) is 0 Å². The highest BCUT2D eigenvalue weighted by Crippen LogP contribution is 2.34. The Labute approximate surface area is 193 Å². The number of ether oxygens (including phenoxy) is 3. The molecule has 3 aromatic rings. The zero-order chi connectivity index (χ0) is 23.3. The first kappa shape index (κ1) is 22.8. The Morgan fingerprint density at radius 3 is 2.42 bits per heavy atom. The van der Waals surface area contributed by atoms with Crippen LogP contribution < -0.4 is 14.2 Å². The van der Waals surface area contributed by atoms with Crippen molar-refractivity contribution >= 4 is 16.0 Å². The highest BCUT2D eigenvalue weighted by molar-refractivity contribution is 7.89. The summed E-state index contributed by atoms with van der Waals surface area (Å²) in [7, 11) is -2.85. The predicted octanol–water partition coefficient (Wildman–Crippen LogP) is 3.90. The predicted molar refractivity (Wildman–Crippen MR) is 123 cm³/mol. The van der Waals surface area contributed by atoms with Gasteiger partial charge >= 0.3 is 5.97 Å². The third-order valence-corrected chi connectivity index (χ3v) is 6.87. The molecule has 0 bridgehead atoms. The number of methoxy groups -OCH3 is 1. The van der Waals surface area contributed by atoms with Crippen molar-refractivity contribution < 1.29 is 27.4 Å². The average molecular weight is 468 g/mol. The van der Waals surface area contributed by atoms with E-state index in [1.807, 2.05) is 42.5 Å². The van der Waals surface area contributed by atoms with Crippen LogP contribution in [0.1, 0.15) is 33.9 Å². The number of benzene rings is 3. The molecule has 0 aliphatic carbocycles. The molecular formula is C25H25NO6S. The van der Waals surface area contributed by atoms with E-state index < -0.39 is 22.0 Å². The van der Waals surface area contributed by atoms with Gasteiger partial charge in [0.25, 0.3) is 0 Å². The molecule has 0 spiro atoms. The lowest BCUT2D eigenvalue weighted by molar-refractivity contribution is 0.0596. The van der Waals surface area contributed by atoms with Gasteiger partial charge in [0.1, 0.15) is 0 Å². The molecule has 0 aromatic heterocycles. The summed E-state index contributed by atoms with van der Waals surface area (Å²) >= 11 is 0. The Kier molecular flexibility index (Phi) is 6.96. The molecule has 0 radical (unpaired) electrons. The molecule has 8 heteroatoms. The van der Waals surface area contributed by atoms with Crippen molar-refractivity contribution in [1.29, 1.82) is 0 Å². The van der Waals surface area contributed by atoms with Crippen LogP contribution in [0.5, 0.6) is 11.5 Å². The molecule has 0 saturated carbocycles. The molecule has 0 saturated heterocycles. The Bertz CT molecular complexity index is 1230. The number of nitrogens with one attached hydrogen (secondary N) is 1. The van der Waals surface area contributed by atoms with Crippen LogP contribution in [-0.4, -0.2) is 34.7 Å². The summed E-state index contributed by atoms with van der Waals surface area (Å²) in [5.74, 6) is 0.497. The van der Waals surface area contributed by atoms with Crippen LogP contribution in [0, 0.1) is 0 Å². The number of carbonyl (C=O) groups is 1. The van der Waals surface area contributed by atoms with Gasteiger partial charge in [0, 0.05) is 6.42 Å². The van der Waals surface area contributed by atoms with Gasteiger partial charge in [-0.2, -0.15) is 0 Å². The van der Waals surface area contributed by atoms with E-state index in [1.165, 1.54) is 19.2 Å². The summed E-state index contributed by atoms with van der Waals surface area (Å²) in [5, 5.41) is 0. The summed E-state index contributed by atoms with van der Waals surface area (Å²) in [6.07, 6.45) is 1.18. The molecular weight excluding hydrogens is 442 g/mol. The summed E-state index contributed by atoms with van der Waals surface area (Å²) in [5.41, 5.74) is 1.66. The minimum absolute atomic E-state index is 0.0235. The van der Waals surface area contributed by atoms with Crippen LogP contribution in [0.2, 0.25) is 0 Å². The molecule has 1 aliphatic heterocycles. The van der Waals surface area contributed by atoms with Crippen LogP contribution >= 0.6 is 0 Å². The van der Waals surface area contributed by atoms with Gasteiger partial charge in [-0.25, -0.2) is 17.9 Å². The Hall–Kier alpha value is -3.36. The lowest BCUT2D eigenvalue weighted by Gasteiger charge is -2.21. The molecule has 172 valence electrons. The number of sulfonamides is 1. The van der Waals surface area contributed by atoms with Crippen molar-refractivity contribution in [1.82, 2.24) is 4.72 Å². The van der Waals surface area contributed by atoms with Crippen molar-refractivity contribution in [3.8, 4) is 11.5 Å². The number of esters is 1. The van der Waals surface area contributed by atoms with Crippen LogP contribution in [0.4, 0.5) is 0 Å². The minimum atomic E-state index is -4.06. The molecule has 1 N–H and O–H groups in total. The largest absolute Gasteiger partial charge is 0.490 e. The van der Waals surface area contributed by atoms with Gasteiger partial charge in [0.05, 0.1) is 36.8 Å². The van der Waals surface area contributed by atoms with Gasteiger partial charge in [-0.05, 0) is 41.8 Å². The standard InChI is InChI=1S/C25H25NO6S/c1-30-25(27)20-10-5-6-11-24(20)33(28,29)26-21(16-18-8-3-2-4-9-18)19-12-13-22-23(17-19)32-15-7-14-31-22/h2-6,8-13,17,21,26H,7,14-16H2,1H3. The SMILES string of the molecule is COC(=O)c1ccccc1S(=O)(=O)NC(Cc1ccccc1)c1ccc2c(c1)OCCCO2. The quantitative estimate of drug-likeness (QED) is 0.530. The van der Waals surface area contributed by atoms with Crippen LogP contribution in [0.3, 0.4) is 0 Å². The number of hydrogen-bond acceptors (Lipinski definition) is 6. The Morgan fingerprint density at radius 1 is 0.970 bits per heavy atom. The van der Waals surface area contributed by atoms with Gasteiger partial charge in [-0.3, -0.25) is 0 Å². The Morgan fingerprint density at radius 2 is 1.67 bits per heavy atom. The second-order valence-electron chi connectivity index (χ2n) is 7.61. The van der Waals surface area contributed by atoms with E-state index in [-0.39, 0.29) is 10.5 Å². The summed E-state index contributed by atoms with van der Waals surface area (Å²) in [6, 6.07) is 20.4. The first-order chi connectivity index (χ1) is 16.0. The van der Waals surface area contributed by atoms with Crippen LogP contribution in [0.25, 0.3) is 0 Å². The normalized spacial score (nSPS) is 14.2. The first-order valence-corrected chi connectivity index (χ1v) is 12.1. The molecule has 4 rings (SSSR count). The van der Waals surface area contributed by atoms with Gasteiger partial charge < -0.3 is 14.2 Å². The van der Waals surface area contributed by atoms with Gasteiger partial charge in [0.2, 0.25) is 10.0 Å². The van der Waals surface area contributed by atoms with E-state index in [0.29, 0.717) is 31.1 Å². The summed E-state index contributed by atoms with van der Waals surface area (Å²) in [4.78, 5) is 12.0.